The van der Waals surface area contributed by atoms with Gasteiger partial charge in [0, 0.05) is 44.4 Å². The van der Waals surface area contributed by atoms with Gasteiger partial charge in [-0.25, -0.2) is 17.8 Å². The van der Waals surface area contributed by atoms with Crippen molar-refractivity contribution in [2.75, 3.05) is 6.54 Å². The second-order valence-corrected chi connectivity index (χ2v) is 10.6. The van der Waals surface area contributed by atoms with E-state index in [0.717, 1.165) is 16.4 Å². The third kappa shape index (κ3) is 4.30. The highest BCUT2D eigenvalue weighted by atomic mass is 35.5. The van der Waals surface area contributed by atoms with Crippen LogP contribution in [0.1, 0.15) is 22.7 Å². The van der Waals surface area contributed by atoms with Crippen molar-refractivity contribution in [1.29, 1.82) is 0 Å². The van der Waals surface area contributed by atoms with E-state index >= 15 is 0 Å². The Morgan fingerprint density at radius 3 is 2.44 bits per heavy atom. The van der Waals surface area contributed by atoms with Gasteiger partial charge >= 0.3 is 6.18 Å². The van der Waals surface area contributed by atoms with Gasteiger partial charge in [-0.15, -0.1) is 0 Å². The van der Waals surface area contributed by atoms with Gasteiger partial charge in [-0.3, -0.25) is 4.98 Å². The molecule has 0 aliphatic carbocycles. The molecule has 1 aliphatic heterocycles. The van der Waals surface area contributed by atoms with E-state index < -0.39 is 44.5 Å². The average Bonchev–Trinajstić information content (AvgIpc) is 3.31. The van der Waals surface area contributed by atoms with Crippen molar-refractivity contribution in [3.63, 3.8) is 0 Å². The Bertz CT molecular complexity index is 1300. The first-order chi connectivity index (χ1) is 15.8. The Morgan fingerprint density at radius 1 is 1.21 bits per heavy atom. The number of hydrogen-bond donors (Lipinski definition) is 1. The van der Waals surface area contributed by atoms with Crippen LogP contribution in [-0.2, 0) is 29.7 Å². The highest BCUT2D eigenvalue weighted by Gasteiger charge is 2.57. The second-order valence-electron chi connectivity index (χ2n) is 8.11. The molecule has 13 heteroatoms. The smallest absolute Gasteiger partial charge is 0.339 e. The lowest BCUT2D eigenvalue weighted by atomic mass is 9.91. The van der Waals surface area contributed by atoms with Gasteiger partial charge in [-0.2, -0.15) is 17.5 Å². The Balaban J connectivity index is 1.78. The van der Waals surface area contributed by atoms with E-state index in [-0.39, 0.29) is 23.7 Å². The molecule has 3 aromatic rings. The van der Waals surface area contributed by atoms with E-state index in [1.807, 2.05) is 0 Å². The van der Waals surface area contributed by atoms with Gasteiger partial charge in [0.1, 0.15) is 10.8 Å². The normalized spacial score (nSPS) is 24.0. The average molecular weight is 518 g/mol. The third-order valence-corrected chi connectivity index (χ3v) is 8.31. The van der Waals surface area contributed by atoms with Crippen molar-refractivity contribution in [2.45, 2.75) is 34.6 Å². The van der Waals surface area contributed by atoms with E-state index in [2.05, 4.69) is 9.97 Å². The highest BCUT2D eigenvalue weighted by Crippen LogP contribution is 2.46. The number of aryl methyl sites for hydroxylation is 1. The van der Waals surface area contributed by atoms with Crippen LogP contribution < -0.4 is 5.73 Å². The summed E-state index contributed by atoms with van der Waals surface area (Å²) in [6, 6.07) is 5.60. The summed E-state index contributed by atoms with van der Waals surface area (Å²) in [6.07, 6.45) is -0.829. The van der Waals surface area contributed by atoms with Crippen LogP contribution in [0.4, 0.5) is 17.6 Å². The molecule has 1 saturated heterocycles. The number of hydrogen-bond acceptors (Lipinski definition) is 5. The molecule has 0 spiro atoms. The van der Waals surface area contributed by atoms with Crippen molar-refractivity contribution < 1.29 is 26.0 Å². The second kappa shape index (κ2) is 8.59. The van der Waals surface area contributed by atoms with Crippen LogP contribution in [0.2, 0.25) is 0 Å². The Hall–Kier alpha value is -2.54. The van der Waals surface area contributed by atoms with Crippen molar-refractivity contribution in [2.24, 2.45) is 12.8 Å². The van der Waals surface area contributed by atoms with Crippen LogP contribution in [0.25, 0.3) is 0 Å². The summed E-state index contributed by atoms with van der Waals surface area (Å²) in [5.74, 6) is -1.58. The van der Waals surface area contributed by atoms with E-state index in [4.69, 9.17) is 17.3 Å². The number of nitrogens with two attached hydrogens (primary N) is 1. The van der Waals surface area contributed by atoms with Crippen molar-refractivity contribution in [1.82, 2.24) is 18.8 Å². The number of halogens is 5. The summed E-state index contributed by atoms with van der Waals surface area (Å²) in [5, 5.41) is -0.290. The molecule has 4 rings (SSSR count). The molecule has 1 aromatic carbocycles. The van der Waals surface area contributed by atoms with Crippen LogP contribution in [0.5, 0.6) is 0 Å². The molecule has 7 nitrogen and oxygen atoms in total. The van der Waals surface area contributed by atoms with Crippen LogP contribution in [0.3, 0.4) is 0 Å². The molecule has 0 bridgehead atoms. The lowest BCUT2D eigenvalue weighted by Gasteiger charge is -2.34. The predicted molar refractivity (Wildman–Crippen MR) is 116 cm³/mol. The summed E-state index contributed by atoms with van der Waals surface area (Å²) in [4.78, 5) is 6.11. The fourth-order valence-corrected chi connectivity index (χ4v) is 6.38. The first kappa shape index (κ1) is 24.6. The van der Waals surface area contributed by atoms with Gasteiger partial charge in [0.2, 0.25) is 0 Å². The van der Waals surface area contributed by atoms with Gasteiger partial charge in [-0.05, 0) is 29.8 Å². The van der Waals surface area contributed by atoms with E-state index in [9.17, 15) is 26.0 Å². The number of alkyl halides is 4. The maximum absolute atomic E-state index is 14.5. The van der Waals surface area contributed by atoms with E-state index in [1.165, 1.54) is 47.6 Å². The summed E-state index contributed by atoms with van der Waals surface area (Å²) in [5.41, 5.74) is 5.84. The molecule has 2 N–H and O–H groups in total. The highest BCUT2D eigenvalue weighted by molar-refractivity contribution is 7.89. The Labute approximate surface area is 198 Å². The fraction of sp³-hybridized carbons (Fsp3) is 0.333. The lowest BCUT2D eigenvalue weighted by Crippen LogP contribution is -2.53. The Morgan fingerprint density at radius 2 is 1.88 bits per heavy atom. The minimum atomic E-state index is -4.53. The predicted octanol–water partition coefficient (Wildman–Crippen LogP) is 3.27. The minimum Gasteiger partial charge on any atom is -0.339 e. The van der Waals surface area contributed by atoms with Gasteiger partial charge in [0.15, 0.2) is 5.03 Å². The number of rotatable bonds is 5. The molecule has 0 amide bonds. The molecule has 1 fully saturated rings. The zero-order chi connectivity index (χ0) is 24.9. The first-order valence-electron chi connectivity index (χ1n) is 10.1. The number of sulfonamides is 1. The molecular weight excluding hydrogens is 498 g/mol. The summed E-state index contributed by atoms with van der Waals surface area (Å²) in [7, 11) is -2.72. The summed E-state index contributed by atoms with van der Waals surface area (Å²) < 4.78 is 82.8. The topological polar surface area (TPSA) is 94.1 Å². The first-order valence-corrected chi connectivity index (χ1v) is 11.9. The van der Waals surface area contributed by atoms with E-state index in [1.54, 1.807) is 7.05 Å². The monoisotopic (exact) mass is 517 g/mol. The standard InChI is InChI=1S/C21H20ClF4N5O2S/c1-30-11-17(29-12-30)34(32,33)31-10-15(18-16(23)3-2-8-28-18)19(27)20(31,22)9-13-4-6-14(7-5-13)21(24,25)26/h2-8,11-12,15,19H,9-10,27H2,1H3/t15-,19-,20?/m0/s1. The molecule has 34 heavy (non-hydrogen) atoms. The van der Waals surface area contributed by atoms with Crippen LogP contribution in [-0.4, -0.2) is 44.8 Å². The lowest BCUT2D eigenvalue weighted by molar-refractivity contribution is -0.137. The SMILES string of the molecule is Cn1cnc(S(=O)(=O)N2C[C@@H](c3ncccc3F)[C@H](N)C2(Cl)Cc2ccc(C(F)(F)F)cc2)c1. The summed E-state index contributed by atoms with van der Waals surface area (Å²) >= 11 is 6.90. The molecule has 182 valence electrons. The van der Waals surface area contributed by atoms with Crippen LogP contribution in [0.15, 0.2) is 60.1 Å². The zero-order valence-electron chi connectivity index (χ0n) is 17.7. The van der Waals surface area contributed by atoms with Gasteiger partial charge < -0.3 is 10.3 Å². The maximum atomic E-state index is 14.5. The van der Waals surface area contributed by atoms with Gasteiger partial charge in [-0.1, -0.05) is 23.7 Å². The van der Waals surface area contributed by atoms with Gasteiger partial charge in [0.25, 0.3) is 10.0 Å². The minimum absolute atomic E-state index is 0.0498. The molecule has 1 aliphatic rings. The van der Waals surface area contributed by atoms with Crippen LogP contribution in [0, 0.1) is 5.82 Å². The molecule has 3 atom stereocenters. The number of imidazole rings is 1. The van der Waals surface area contributed by atoms with Crippen molar-refractivity contribution >= 4 is 21.6 Å². The molecular formula is C21H20ClF4N5O2S. The molecule has 2 aromatic heterocycles. The third-order valence-electron chi connectivity index (χ3n) is 5.83. The fourth-order valence-electron chi connectivity index (χ4n) is 4.08. The molecule has 0 radical (unpaired) electrons. The molecule has 1 unspecified atom stereocenters. The Kier molecular flexibility index (Phi) is 6.21. The molecule has 0 saturated carbocycles. The number of pyridine rings is 1. The van der Waals surface area contributed by atoms with Crippen molar-refractivity contribution in [3.05, 3.63) is 77.8 Å². The summed E-state index contributed by atoms with van der Waals surface area (Å²) in [6.45, 7) is -0.294. The quantitative estimate of drug-likeness (QED) is 0.318. The largest absolute Gasteiger partial charge is 0.416 e. The van der Waals surface area contributed by atoms with E-state index in [0.29, 0.717) is 5.56 Å². The van der Waals surface area contributed by atoms with Crippen LogP contribution >= 0.6 is 11.6 Å². The maximum Gasteiger partial charge on any atom is 0.416 e. The number of benzene rings is 1. The number of aromatic nitrogens is 3. The zero-order valence-corrected chi connectivity index (χ0v) is 19.3. The molecule has 3 heterocycles. The van der Waals surface area contributed by atoms with Gasteiger partial charge in [0.05, 0.1) is 17.6 Å². The van der Waals surface area contributed by atoms with Crippen molar-refractivity contribution in [3.8, 4) is 0 Å². The number of nitrogens with zero attached hydrogens (tertiary/aromatic N) is 4.